The zero-order valence-electron chi connectivity index (χ0n) is 18.9. The molecular formula is C21H28N6O6. The average Bonchev–Trinajstić information content (AvgIpc) is 2.74. The van der Waals surface area contributed by atoms with E-state index < -0.39 is 36.4 Å². The van der Waals surface area contributed by atoms with Gasteiger partial charge in [-0.1, -0.05) is 29.4 Å². The molecular weight excluding hydrogens is 432 g/mol. The summed E-state index contributed by atoms with van der Waals surface area (Å²) in [5, 5.41) is 17.1. The number of esters is 1. The lowest BCUT2D eigenvalue weighted by Crippen LogP contribution is -2.44. The van der Waals surface area contributed by atoms with Gasteiger partial charge in [0.05, 0.1) is 0 Å². The minimum Gasteiger partial charge on any atom is -0.449 e. The zero-order valence-corrected chi connectivity index (χ0v) is 18.9. The van der Waals surface area contributed by atoms with E-state index in [0.29, 0.717) is 25.1 Å². The normalized spacial score (nSPS) is 11.2. The fraction of sp³-hybridized carbons (Fsp3) is 0.524. The van der Waals surface area contributed by atoms with Crippen molar-refractivity contribution < 1.29 is 28.6 Å². The van der Waals surface area contributed by atoms with Gasteiger partial charge in [0.2, 0.25) is 0 Å². The molecule has 0 aliphatic heterocycles. The highest BCUT2D eigenvalue weighted by molar-refractivity contribution is 5.81. The Kier molecular flexibility index (Phi) is 11.6. The van der Waals surface area contributed by atoms with Crippen LogP contribution in [0.2, 0.25) is 0 Å². The Morgan fingerprint density at radius 2 is 1.85 bits per heavy atom. The van der Waals surface area contributed by atoms with Crippen LogP contribution in [0.3, 0.4) is 0 Å². The second-order valence-electron chi connectivity index (χ2n) is 7.82. The van der Waals surface area contributed by atoms with E-state index in [-0.39, 0.29) is 13.0 Å². The molecule has 12 nitrogen and oxygen atoms in total. The van der Waals surface area contributed by atoms with Crippen LogP contribution in [0.15, 0.2) is 29.4 Å². The molecule has 0 aliphatic rings. The lowest BCUT2D eigenvalue weighted by Gasteiger charge is -2.22. The number of hydrogen-bond donors (Lipinski definition) is 2. The lowest BCUT2D eigenvalue weighted by molar-refractivity contribution is -0.145. The number of nitrogens with one attached hydrogen (secondary N) is 2. The molecule has 1 rings (SSSR count). The first-order valence-corrected chi connectivity index (χ1v) is 10.2. The van der Waals surface area contributed by atoms with Gasteiger partial charge >= 0.3 is 18.2 Å². The van der Waals surface area contributed by atoms with Crippen LogP contribution in [-0.2, 0) is 25.6 Å². The highest BCUT2D eigenvalue weighted by atomic mass is 16.6. The number of rotatable bonds is 11. The van der Waals surface area contributed by atoms with E-state index in [1.165, 1.54) is 0 Å². The fourth-order valence-electron chi connectivity index (χ4n) is 2.48. The predicted molar refractivity (Wildman–Crippen MR) is 117 cm³/mol. The Balaban J connectivity index is 2.38. The number of benzene rings is 1. The van der Waals surface area contributed by atoms with Crippen molar-refractivity contribution in [2.75, 3.05) is 13.2 Å². The van der Waals surface area contributed by atoms with Crippen molar-refractivity contribution >= 4 is 23.8 Å². The molecule has 1 atom stereocenters. The Hall–Kier alpha value is -3.97. The van der Waals surface area contributed by atoms with Crippen LogP contribution in [0.5, 0.6) is 0 Å². The maximum absolute atomic E-state index is 12.1. The van der Waals surface area contributed by atoms with Crippen molar-refractivity contribution in [2.45, 2.75) is 58.3 Å². The van der Waals surface area contributed by atoms with Gasteiger partial charge in [0.25, 0.3) is 0 Å². The van der Waals surface area contributed by atoms with Crippen molar-refractivity contribution in [1.29, 1.82) is 5.26 Å². The average molecular weight is 460 g/mol. The summed E-state index contributed by atoms with van der Waals surface area (Å²) < 4.78 is 15.0. The van der Waals surface area contributed by atoms with Crippen molar-refractivity contribution in [3.8, 4) is 6.07 Å². The lowest BCUT2D eigenvalue weighted by atomic mass is 10.1. The van der Waals surface area contributed by atoms with Gasteiger partial charge in [-0.15, -0.1) is 0 Å². The maximum atomic E-state index is 12.1. The quantitative estimate of drug-likeness (QED) is 0.125. The van der Waals surface area contributed by atoms with Gasteiger partial charge in [-0.2, -0.15) is 5.26 Å². The molecule has 0 radical (unpaired) electrons. The van der Waals surface area contributed by atoms with E-state index >= 15 is 0 Å². The Labute approximate surface area is 191 Å². The number of unbranched alkanes of at least 4 members (excludes halogenated alkanes) is 1. The first kappa shape index (κ1) is 27.1. The molecule has 0 heterocycles. The summed E-state index contributed by atoms with van der Waals surface area (Å²) in [5.41, 5.74) is 8.84. The second kappa shape index (κ2) is 14.2. The minimum atomic E-state index is -0.978. The monoisotopic (exact) mass is 460 g/mol. The van der Waals surface area contributed by atoms with Crippen LogP contribution in [-0.4, -0.2) is 43.0 Å². The maximum Gasteiger partial charge on any atom is 0.408 e. The van der Waals surface area contributed by atoms with Gasteiger partial charge in [-0.3, -0.25) is 0 Å². The Morgan fingerprint density at radius 1 is 1.15 bits per heavy atom. The number of nitriles is 1. The summed E-state index contributed by atoms with van der Waals surface area (Å²) >= 11 is 0. The third kappa shape index (κ3) is 12.5. The minimum absolute atomic E-state index is 0.0506. The molecule has 1 aromatic carbocycles. The summed E-state index contributed by atoms with van der Waals surface area (Å²) in [7, 11) is 0. The molecule has 0 spiro atoms. The zero-order chi connectivity index (χ0) is 24.7. The molecule has 2 amide bonds. The third-order valence-corrected chi connectivity index (χ3v) is 3.91. The first-order valence-electron chi connectivity index (χ1n) is 10.2. The van der Waals surface area contributed by atoms with Crippen LogP contribution >= 0.6 is 0 Å². The molecule has 0 aliphatic carbocycles. The van der Waals surface area contributed by atoms with Crippen LogP contribution in [0, 0.1) is 11.3 Å². The molecule has 33 heavy (non-hydrogen) atoms. The van der Waals surface area contributed by atoms with E-state index in [4.69, 9.17) is 25.0 Å². The van der Waals surface area contributed by atoms with E-state index in [9.17, 15) is 14.4 Å². The van der Waals surface area contributed by atoms with Crippen molar-refractivity contribution in [1.82, 2.24) is 10.6 Å². The number of azide groups is 1. The first-order chi connectivity index (χ1) is 15.6. The van der Waals surface area contributed by atoms with E-state index in [2.05, 4.69) is 20.7 Å². The fourth-order valence-corrected chi connectivity index (χ4v) is 2.48. The number of amides is 2. The van der Waals surface area contributed by atoms with Gasteiger partial charge < -0.3 is 24.8 Å². The van der Waals surface area contributed by atoms with E-state index in [1.807, 2.05) is 0 Å². The summed E-state index contributed by atoms with van der Waals surface area (Å²) in [6.45, 7) is 5.00. The Bertz CT molecular complexity index is 884. The van der Waals surface area contributed by atoms with Crippen LogP contribution in [0.4, 0.5) is 15.3 Å². The molecule has 0 aromatic heterocycles. The number of nitrogens with zero attached hydrogens (tertiary/aromatic N) is 4. The molecule has 0 unspecified atom stereocenters. The summed E-state index contributed by atoms with van der Waals surface area (Å²) in [5.74, 6) is -0.735. The van der Waals surface area contributed by atoms with Crippen LogP contribution < -0.4 is 10.6 Å². The number of alkyl carbamates (subject to hydrolysis) is 2. The van der Waals surface area contributed by atoms with Crippen molar-refractivity contribution in [2.24, 2.45) is 5.11 Å². The number of hydrogen-bond acceptors (Lipinski definition) is 8. The largest absolute Gasteiger partial charge is 0.449 e. The molecule has 0 saturated carbocycles. The van der Waals surface area contributed by atoms with Gasteiger partial charge in [-0.05, 0) is 51.1 Å². The standard InChI is InChI=1S/C21H28N6O6/c1-21(2,3)33-20(30)25-17(18(28)31-13-11-22)6-4-5-12-24-19(29)32-14-15-7-9-16(10-8-15)26-27-23/h7-10,17H,4-6,12-14H2,1-3H3,(H,24,29)(H,25,30)/t17-/m0/s1. The highest BCUT2D eigenvalue weighted by Crippen LogP contribution is 2.14. The molecule has 2 N–H and O–H groups in total. The van der Waals surface area contributed by atoms with Gasteiger partial charge in [-0.25, -0.2) is 14.4 Å². The number of carbonyl (C=O) groups is 3. The molecule has 1 aromatic rings. The molecule has 178 valence electrons. The Morgan fingerprint density at radius 3 is 2.45 bits per heavy atom. The smallest absolute Gasteiger partial charge is 0.408 e. The van der Waals surface area contributed by atoms with Gasteiger partial charge in [0.15, 0.2) is 6.61 Å². The van der Waals surface area contributed by atoms with E-state index in [0.717, 1.165) is 5.56 Å². The van der Waals surface area contributed by atoms with E-state index in [1.54, 1.807) is 51.1 Å². The summed E-state index contributed by atoms with van der Waals surface area (Å²) in [4.78, 5) is 38.6. The number of carbonyl (C=O) groups excluding carboxylic acids is 3. The van der Waals surface area contributed by atoms with Gasteiger partial charge in [0, 0.05) is 17.1 Å². The SMILES string of the molecule is CC(C)(C)OC(=O)N[C@@H](CCCCNC(=O)OCc1ccc(N=[N+]=[N-])cc1)C(=O)OCC#N. The molecule has 12 heteroatoms. The predicted octanol–water partition coefficient (Wildman–Crippen LogP) is 3.98. The molecule has 0 saturated heterocycles. The topological polar surface area (TPSA) is 176 Å². The van der Waals surface area contributed by atoms with Crippen molar-refractivity contribution in [3.05, 3.63) is 40.3 Å². The highest BCUT2D eigenvalue weighted by Gasteiger charge is 2.25. The summed E-state index contributed by atoms with van der Waals surface area (Å²) in [6, 6.07) is 7.30. The third-order valence-electron chi connectivity index (χ3n) is 3.91. The van der Waals surface area contributed by atoms with Crippen molar-refractivity contribution in [3.63, 3.8) is 0 Å². The molecule has 0 fully saturated rings. The number of ether oxygens (including phenoxy) is 3. The summed E-state index contributed by atoms with van der Waals surface area (Å²) in [6.07, 6.45) is -0.156. The second-order valence-corrected chi connectivity index (χ2v) is 7.82. The van der Waals surface area contributed by atoms with Gasteiger partial charge in [0.1, 0.15) is 24.3 Å². The van der Waals surface area contributed by atoms with Crippen LogP contribution in [0.1, 0.15) is 45.6 Å². The van der Waals surface area contributed by atoms with Crippen LogP contribution in [0.25, 0.3) is 10.4 Å². The molecule has 0 bridgehead atoms.